The quantitative estimate of drug-likeness (QED) is 0.488. The van der Waals surface area contributed by atoms with E-state index in [0.29, 0.717) is 18.3 Å². The molecule has 30 heavy (non-hydrogen) atoms. The van der Waals surface area contributed by atoms with Gasteiger partial charge in [0.15, 0.2) is 16.6 Å². The van der Waals surface area contributed by atoms with Crippen LogP contribution in [0.15, 0.2) is 48.7 Å². The van der Waals surface area contributed by atoms with Gasteiger partial charge in [0.25, 0.3) is 0 Å². The highest BCUT2D eigenvalue weighted by molar-refractivity contribution is 7.80. The number of anilines is 1. The maximum atomic E-state index is 5.73. The minimum absolute atomic E-state index is 0.0254. The molecule has 0 aliphatic heterocycles. The molecule has 1 atom stereocenters. The number of aromatic nitrogens is 1. The molecule has 0 unspecified atom stereocenters. The van der Waals surface area contributed by atoms with Gasteiger partial charge >= 0.3 is 0 Å². The van der Waals surface area contributed by atoms with Gasteiger partial charge in [-0.25, -0.2) is 0 Å². The van der Waals surface area contributed by atoms with Crippen LogP contribution in [0.1, 0.15) is 32.4 Å². The summed E-state index contributed by atoms with van der Waals surface area (Å²) in [7, 11) is 1.64. The van der Waals surface area contributed by atoms with E-state index in [4.69, 9.17) is 26.4 Å². The van der Waals surface area contributed by atoms with Crippen LogP contribution in [-0.4, -0.2) is 30.4 Å². The molecule has 0 saturated heterocycles. The Balaban J connectivity index is 1.75. The lowest BCUT2D eigenvalue weighted by molar-refractivity contribution is 0.287. The highest BCUT2D eigenvalue weighted by atomic mass is 32.1. The third kappa shape index (κ3) is 4.91. The van der Waals surface area contributed by atoms with Gasteiger partial charge in [0, 0.05) is 17.3 Å². The van der Waals surface area contributed by atoms with Crippen LogP contribution in [0.5, 0.6) is 17.2 Å². The number of pyridine rings is 1. The van der Waals surface area contributed by atoms with Gasteiger partial charge in [-0.2, -0.15) is 0 Å². The van der Waals surface area contributed by atoms with Gasteiger partial charge < -0.3 is 24.8 Å². The van der Waals surface area contributed by atoms with E-state index in [9.17, 15) is 0 Å². The number of thiocarbonyl (C=S) groups is 1. The van der Waals surface area contributed by atoms with Crippen LogP contribution in [0.2, 0.25) is 0 Å². The summed E-state index contributed by atoms with van der Waals surface area (Å²) in [5, 5.41) is 8.06. The zero-order valence-corrected chi connectivity index (χ0v) is 18.5. The average molecular weight is 426 g/mol. The van der Waals surface area contributed by atoms with Crippen molar-refractivity contribution in [3.63, 3.8) is 0 Å². The molecule has 0 saturated carbocycles. The predicted molar refractivity (Wildman–Crippen MR) is 125 cm³/mol. The molecule has 6 nitrogen and oxygen atoms in total. The van der Waals surface area contributed by atoms with Crippen molar-refractivity contribution in [3.05, 3.63) is 54.2 Å². The molecule has 1 heterocycles. The maximum absolute atomic E-state index is 5.73. The molecule has 3 rings (SSSR count). The van der Waals surface area contributed by atoms with Crippen LogP contribution in [0.3, 0.4) is 0 Å². The van der Waals surface area contributed by atoms with Crippen LogP contribution >= 0.6 is 12.2 Å². The summed E-state index contributed by atoms with van der Waals surface area (Å²) in [5.41, 5.74) is 2.70. The first-order valence-corrected chi connectivity index (χ1v) is 10.4. The third-order valence-corrected chi connectivity index (χ3v) is 4.84. The Bertz CT molecular complexity index is 1030. The summed E-state index contributed by atoms with van der Waals surface area (Å²) in [4.78, 5) is 4.42. The van der Waals surface area contributed by atoms with E-state index >= 15 is 0 Å². The molecule has 7 heteroatoms. The number of ether oxygens (including phenoxy) is 3. The van der Waals surface area contributed by atoms with Gasteiger partial charge in [-0.1, -0.05) is 6.07 Å². The van der Waals surface area contributed by atoms with E-state index < -0.39 is 0 Å². The van der Waals surface area contributed by atoms with Crippen molar-refractivity contribution in [1.82, 2.24) is 10.3 Å². The molecular formula is C23H27N3O3S. The standard InChI is InChI=1S/C23H27N3O3S/c1-5-28-19-11-9-16(14-21(19)29-6-2)15(3)25-23(30)26-18-10-12-20(27-4)22-17(18)8-7-13-24-22/h7-15H,5-6H2,1-4H3,(H2,25,26,30)/t15-/m1/s1. The van der Waals surface area contributed by atoms with Crippen molar-refractivity contribution >= 4 is 33.9 Å². The summed E-state index contributed by atoms with van der Waals surface area (Å²) in [6.07, 6.45) is 1.75. The second-order valence-electron chi connectivity index (χ2n) is 6.61. The molecule has 2 N–H and O–H groups in total. The highest BCUT2D eigenvalue weighted by Gasteiger charge is 2.13. The lowest BCUT2D eigenvalue weighted by Crippen LogP contribution is -2.31. The van der Waals surface area contributed by atoms with Crippen molar-refractivity contribution in [2.24, 2.45) is 0 Å². The Morgan fingerprint density at radius 2 is 1.77 bits per heavy atom. The fourth-order valence-electron chi connectivity index (χ4n) is 3.20. The lowest BCUT2D eigenvalue weighted by atomic mass is 10.1. The largest absolute Gasteiger partial charge is 0.494 e. The SMILES string of the molecule is CCOc1ccc([C@@H](C)NC(=S)Nc2ccc(OC)c3ncccc23)cc1OCC. The normalized spacial score (nSPS) is 11.6. The van der Waals surface area contributed by atoms with Crippen LogP contribution in [0, 0.1) is 0 Å². The number of hydrogen-bond acceptors (Lipinski definition) is 5. The average Bonchev–Trinajstić information content (AvgIpc) is 2.75. The summed E-state index contributed by atoms with van der Waals surface area (Å²) >= 11 is 5.56. The summed E-state index contributed by atoms with van der Waals surface area (Å²) in [6, 6.07) is 13.6. The summed E-state index contributed by atoms with van der Waals surface area (Å²) in [5.74, 6) is 2.20. The van der Waals surface area contributed by atoms with E-state index in [0.717, 1.165) is 39.4 Å². The Hall–Kier alpha value is -3.06. The monoisotopic (exact) mass is 425 g/mol. The molecule has 0 bridgehead atoms. The number of fused-ring (bicyclic) bond motifs is 1. The van der Waals surface area contributed by atoms with Gasteiger partial charge in [0.1, 0.15) is 11.3 Å². The molecule has 0 amide bonds. The summed E-state index contributed by atoms with van der Waals surface area (Å²) < 4.78 is 16.8. The molecule has 0 fully saturated rings. The van der Waals surface area contributed by atoms with Crippen molar-refractivity contribution < 1.29 is 14.2 Å². The lowest BCUT2D eigenvalue weighted by Gasteiger charge is -2.20. The zero-order valence-electron chi connectivity index (χ0n) is 17.7. The van der Waals surface area contributed by atoms with Crippen molar-refractivity contribution in [2.45, 2.75) is 26.8 Å². The fourth-order valence-corrected chi connectivity index (χ4v) is 3.48. The van der Waals surface area contributed by atoms with Gasteiger partial charge in [-0.15, -0.1) is 0 Å². The van der Waals surface area contributed by atoms with E-state index in [-0.39, 0.29) is 6.04 Å². The molecule has 0 spiro atoms. The first kappa shape index (κ1) is 21.6. The third-order valence-electron chi connectivity index (χ3n) is 4.62. The predicted octanol–water partition coefficient (Wildman–Crippen LogP) is 5.09. The molecule has 1 aromatic heterocycles. The molecule has 2 aromatic carbocycles. The first-order valence-electron chi connectivity index (χ1n) is 9.96. The van der Waals surface area contributed by atoms with Gasteiger partial charge in [-0.05, 0) is 75.0 Å². The van der Waals surface area contributed by atoms with E-state index in [1.165, 1.54) is 0 Å². The second-order valence-corrected chi connectivity index (χ2v) is 7.02. The highest BCUT2D eigenvalue weighted by Crippen LogP contribution is 2.32. The Morgan fingerprint density at radius 3 is 2.50 bits per heavy atom. The van der Waals surface area contributed by atoms with Crippen molar-refractivity contribution in [1.29, 1.82) is 0 Å². The van der Waals surface area contributed by atoms with Gasteiger partial charge in [0.2, 0.25) is 0 Å². The topological polar surface area (TPSA) is 64.6 Å². The van der Waals surface area contributed by atoms with Gasteiger partial charge in [0.05, 0.1) is 26.4 Å². The number of rotatable bonds is 8. The number of nitrogens with one attached hydrogen (secondary N) is 2. The van der Waals surface area contributed by atoms with Crippen LogP contribution in [0.25, 0.3) is 10.9 Å². The molecular weight excluding hydrogens is 398 g/mol. The van der Waals surface area contributed by atoms with E-state index in [2.05, 4.69) is 15.6 Å². The minimum atomic E-state index is -0.0254. The van der Waals surface area contributed by atoms with E-state index in [1.807, 2.05) is 63.2 Å². The first-order chi connectivity index (χ1) is 14.6. The summed E-state index contributed by atoms with van der Waals surface area (Å²) in [6.45, 7) is 7.12. The molecule has 3 aromatic rings. The molecule has 158 valence electrons. The number of hydrogen-bond donors (Lipinski definition) is 2. The van der Waals surface area contributed by atoms with Crippen molar-refractivity contribution in [2.75, 3.05) is 25.6 Å². The molecule has 0 radical (unpaired) electrons. The Labute approximate surface area is 182 Å². The van der Waals surface area contributed by atoms with Crippen LogP contribution in [-0.2, 0) is 0 Å². The Morgan fingerprint density at radius 1 is 1.03 bits per heavy atom. The molecule has 0 aliphatic carbocycles. The van der Waals surface area contributed by atoms with Crippen molar-refractivity contribution in [3.8, 4) is 17.2 Å². The van der Waals surface area contributed by atoms with Gasteiger partial charge in [-0.3, -0.25) is 4.98 Å². The maximum Gasteiger partial charge on any atom is 0.171 e. The second kappa shape index (κ2) is 10.1. The number of nitrogens with zero attached hydrogens (tertiary/aromatic N) is 1. The molecule has 0 aliphatic rings. The number of methoxy groups -OCH3 is 1. The van der Waals surface area contributed by atoms with Crippen LogP contribution < -0.4 is 24.8 Å². The fraction of sp³-hybridized carbons (Fsp3) is 0.304. The minimum Gasteiger partial charge on any atom is -0.494 e. The Kier molecular flexibility index (Phi) is 7.30. The smallest absolute Gasteiger partial charge is 0.171 e. The number of benzene rings is 2. The van der Waals surface area contributed by atoms with E-state index in [1.54, 1.807) is 13.3 Å². The zero-order chi connectivity index (χ0) is 21.5. The van der Waals surface area contributed by atoms with Crippen LogP contribution in [0.4, 0.5) is 5.69 Å².